The van der Waals surface area contributed by atoms with Gasteiger partial charge in [0, 0.05) is 13.2 Å². The number of hydrogen-bond acceptors (Lipinski definition) is 3. The monoisotopic (exact) mass is 423 g/mol. The molecular formula is C21H27Cl2N3O2. The summed E-state index contributed by atoms with van der Waals surface area (Å²) < 4.78 is 7.45. The van der Waals surface area contributed by atoms with Gasteiger partial charge < -0.3 is 10.1 Å². The summed E-state index contributed by atoms with van der Waals surface area (Å²) in [6, 6.07) is 5.39. The third-order valence-corrected chi connectivity index (χ3v) is 5.67. The molecular weight excluding hydrogens is 397 g/mol. The van der Waals surface area contributed by atoms with Crippen molar-refractivity contribution in [2.24, 2.45) is 0 Å². The first-order valence-corrected chi connectivity index (χ1v) is 10.5. The van der Waals surface area contributed by atoms with Crippen molar-refractivity contribution in [1.29, 1.82) is 0 Å². The summed E-state index contributed by atoms with van der Waals surface area (Å²) in [5.74, 6) is 0.0946. The molecule has 3 rings (SSSR count). The molecule has 2 heterocycles. The number of amides is 1. The number of carbonyl (C=O) groups is 1. The van der Waals surface area contributed by atoms with Gasteiger partial charge in [-0.2, -0.15) is 5.10 Å². The molecule has 0 spiro atoms. The minimum Gasteiger partial charge on any atom is -0.376 e. The van der Waals surface area contributed by atoms with Crippen molar-refractivity contribution in [2.75, 3.05) is 13.2 Å². The van der Waals surface area contributed by atoms with Crippen LogP contribution in [0, 0.1) is 0 Å². The van der Waals surface area contributed by atoms with E-state index in [9.17, 15) is 4.79 Å². The smallest absolute Gasteiger partial charge is 0.255 e. The first-order valence-electron chi connectivity index (χ1n) is 9.77. The first kappa shape index (κ1) is 21.2. The van der Waals surface area contributed by atoms with Crippen molar-refractivity contribution in [3.8, 4) is 5.69 Å². The van der Waals surface area contributed by atoms with Crippen LogP contribution in [-0.4, -0.2) is 34.9 Å². The van der Waals surface area contributed by atoms with Gasteiger partial charge in [-0.05, 0) is 42.9 Å². The summed E-state index contributed by atoms with van der Waals surface area (Å²) in [5.41, 5.74) is 3.08. The highest BCUT2D eigenvalue weighted by molar-refractivity contribution is 6.42. The Kier molecular flexibility index (Phi) is 6.69. The molecule has 1 aliphatic rings. The van der Waals surface area contributed by atoms with Gasteiger partial charge in [-0.3, -0.25) is 4.79 Å². The van der Waals surface area contributed by atoms with Gasteiger partial charge in [-0.15, -0.1) is 0 Å². The Hall–Kier alpha value is -1.56. The second-order valence-corrected chi connectivity index (χ2v) is 8.62. The lowest BCUT2D eigenvalue weighted by atomic mass is 9.98. The fourth-order valence-corrected chi connectivity index (χ4v) is 3.82. The molecule has 1 fully saturated rings. The van der Waals surface area contributed by atoms with E-state index in [1.807, 2.05) is 24.6 Å². The van der Waals surface area contributed by atoms with E-state index < -0.39 is 0 Å². The van der Waals surface area contributed by atoms with Gasteiger partial charge in [-0.25, -0.2) is 4.68 Å². The average Bonchev–Trinajstić information content (AvgIpc) is 3.29. The normalized spacial score (nSPS) is 16.9. The maximum atomic E-state index is 13.2. The van der Waals surface area contributed by atoms with Gasteiger partial charge in [0.1, 0.15) is 0 Å². The van der Waals surface area contributed by atoms with Crippen LogP contribution in [0.5, 0.6) is 0 Å². The highest BCUT2D eigenvalue weighted by Gasteiger charge is 2.28. The number of benzene rings is 1. The number of carbonyl (C=O) groups excluding carboxylic acids is 1. The minimum absolute atomic E-state index is 0.0953. The van der Waals surface area contributed by atoms with E-state index in [0.29, 0.717) is 22.2 Å². The van der Waals surface area contributed by atoms with E-state index in [-0.39, 0.29) is 23.8 Å². The van der Waals surface area contributed by atoms with Gasteiger partial charge in [-0.1, -0.05) is 50.9 Å². The number of nitrogens with one attached hydrogen (secondary N) is 1. The van der Waals surface area contributed by atoms with Gasteiger partial charge >= 0.3 is 0 Å². The highest BCUT2D eigenvalue weighted by Crippen LogP contribution is 2.32. The fourth-order valence-electron chi connectivity index (χ4n) is 3.53. The molecule has 1 saturated heterocycles. The van der Waals surface area contributed by atoms with E-state index in [1.54, 1.807) is 12.1 Å². The van der Waals surface area contributed by atoms with E-state index >= 15 is 0 Å². The molecule has 1 unspecified atom stereocenters. The predicted octanol–water partition coefficient (Wildman–Crippen LogP) is 5.33. The molecule has 1 aromatic heterocycles. The van der Waals surface area contributed by atoms with Crippen LogP contribution >= 0.6 is 23.2 Å². The highest BCUT2D eigenvalue weighted by atomic mass is 35.5. The number of hydrogen-bond donors (Lipinski definition) is 1. The molecule has 1 atom stereocenters. The van der Waals surface area contributed by atoms with Crippen molar-refractivity contribution in [2.45, 2.75) is 58.5 Å². The Bertz CT molecular complexity index is 856. The van der Waals surface area contributed by atoms with Gasteiger partial charge in [0.05, 0.1) is 38.8 Å². The SMILES string of the molecule is CC(C)c1nn(-c2ccc(Cl)c(Cl)c2)c(C(C)C)c1C(=O)NCC1CCCO1. The van der Waals surface area contributed by atoms with Gasteiger partial charge in [0.15, 0.2) is 0 Å². The van der Waals surface area contributed by atoms with Crippen LogP contribution in [0.1, 0.15) is 74.1 Å². The van der Waals surface area contributed by atoms with Crippen molar-refractivity contribution < 1.29 is 9.53 Å². The fraction of sp³-hybridized carbons (Fsp3) is 0.524. The van der Waals surface area contributed by atoms with Gasteiger partial charge in [0.2, 0.25) is 0 Å². The van der Waals surface area contributed by atoms with Crippen molar-refractivity contribution >= 4 is 29.1 Å². The lowest BCUT2D eigenvalue weighted by molar-refractivity contribution is 0.0855. The predicted molar refractivity (Wildman–Crippen MR) is 113 cm³/mol. The standard InChI is InChI=1S/C21H27Cl2N3O2/c1-12(2)19-18(21(27)24-11-15-6-5-9-28-15)20(13(3)4)26(25-19)14-7-8-16(22)17(23)10-14/h7-8,10,12-13,15H,5-6,9,11H2,1-4H3,(H,24,27). The summed E-state index contributed by atoms with van der Waals surface area (Å²) in [4.78, 5) is 13.2. The summed E-state index contributed by atoms with van der Waals surface area (Å²) >= 11 is 12.3. The molecule has 1 N–H and O–H groups in total. The van der Waals surface area contributed by atoms with Crippen molar-refractivity contribution in [1.82, 2.24) is 15.1 Å². The van der Waals surface area contributed by atoms with Crippen LogP contribution in [0.15, 0.2) is 18.2 Å². The molecule has 0 radical (unpaired) electrons. The largest absolute Gasteiger partial charge is 0.376 e. The Morgan fingerprint density at radius 3 is 2.57 bits per heavy atom. The molecule has 28 heavy (non-hydrogen) atoms. The molecule has 1 aliphatic heterocycles. The molecule has 0 aliphatic carbocycles. The molecule has 5 nitrogen and oxygen atoms in total. The zero-order valence-corrected chi connectivity index (χ0v) is 18.3. The topological polar surface area (TPSA) is 56.2 Å². The van der Waals surface area contributed by atoms with Crippen LogP contribution in [0.3, 0.4) is 0 Å². The van der Waals surface area contributed by atoms with Crippen LogP contribution in [0.4, 0.5) is 0 Å². The van der Waals surface area contributed by atoms with Crippen molar-refractivity contribution in [3.05, 3.63) is 45.2 Å². The van der Waals surface area contributed by atoms with Crippen LogP contribution in [0.25, 0.3) is 5.69 Å². The lowest BCUT2D eigenvalue weighted by Crippen LogP contribution is -2.33. The van der Waals surface area contributed by atoms with Crippen molar-refractivity contribution in [3.63, 3.8) is 0 Å². The molecule has 1 aromatic carbocycles. The molecule has 0 saturated carbocycles. The van der Waals surface area contributed by atoms with Crippen LogP contribution in [-0.2, 0) is 4.74 Å². The number of halogens is 2. The third-order valence-electron chi connectivity index (χ3n) is 4.93. The zero-order valence-electron chi connectivity index (χ0n) is 16.8. The second kappa shape index (κ2) is 8.85. The Balaban J connectivity index is 2.02. The van der Waals surface area contributed by atoms with Crippen LogP contribution < -0.4 is 5.32 Å². The Morgan fingerprint density at radius 2 is 2.00 bits per heavy atom. The average molecular weight is 424 g/mol. The van der Waals surface area contributed by atoms with E-state index in [4.69, 9.17) is 33.0 Å². The quantitative estimate of drug-likeness (QED) is 0.682. The molecule has 1 amide bonds. The number of rotatable bonds is 6. The van der Waals surface area contributed by atoms with E-state index in [2.05, 4.69) is 19.2 Å². The van der Waals surface area contributed by atoms with E-state index in [0.717, 1.165) is 36.5 Å². The summed E-state index contributed by atoms with van der Waals surface area (Å²) in [7, 11) is 0. The number of aromatic nitrogens is 2. The lowest BCUT2D eigenvalue weighted by Gasteiger charge is -2.15. The third kappa shape index (κ3) is 4.37. The molecule has 0 bridgehead atoms. The van der Waals surface area contributed by atoms with E-state index in [1.165, 1.54) is 0 Å². The Labute approximate surface area is 176 Å². The molecule has 152 valence electrons. The maximum Gasteiger partial charge on any atom is 0.255 e. The Morgan fingerprint density at radius 1 is 1.25 bits per heavy atom. The number of ether oxygens (including phenoxy) is 1. The van der Waals surface area contributed by atoms with Gasteiger partial charge in [0.25, 0.3) is 5.91 Å². The molecule has 7 heteroatoms. The summed E-state index contributed by atoms with van der Waals surface area (Å²) in [6.07, 6.45) is 2.13. The minimum atomic E-state index is -0.103. The summed E-state index contributed by atoms with van der Waals surface area (Å²) in [6.45, 7) is 9.50. The molecule has 2 aromatic rings. The first-order chi connectivity index (χ1) is 13.3. The number of nitrogens with zero attached hydrogens (tertiary/aromatic N) is 2. The maximum absolute atomic E-state index is 13.2. The summed E-state index contributed by atoms with van der Waals surface area (Å²) in [5, 5.41) is 8.79. The zero-order chi connectivity index (χ0) is 20.4. The van der Waals surface area contributed by atoms with Crippen LogP contribution in [0.2, 0.25) is 10.0 Å². The second-order valence-electron chi connectivity index (χ2n) is 7.81.